The second kappa shape index (κ2) is 8.16. The molecule has 0 saturated heterocycles. The Labute approximate surface area is 176 Å². The maximum Gasteiger partial charge on any atom is 0.240 e. The number of thiophene rings is 1. The van der Waals surface area contributed by atoms with Crippen molar-refractivity contribution in [2.24, 2.45) is 0 Å². The molecule has 0 radical (unpaired) electrons. The summed E-state index contributed by atoms with van der Waals surface area (Å²) >= 11 is 3.20. The highest BCUT2D eigenvalue weighted by Gasteiger charge is 2.27. The van der Waals surface area contributed by atoms with Crippen LogP contribution in [0.2, 0.25) is 0 Å². The molecule has 0 amide bonds. The molecule has 1 saturated carbocycles. The zero-order chi connectivity index (χ0) is 19.6. The first-order valence-corrected chi connectivity index (χ1v) is 11.6. The fourth-order valence-electron chi connectivity index (χ4n) is 3.71. The molecule has 4 heterocycles. The molecule has 0 aromatic carbocycles. The van der Waals surface area contributed by atoms with Gasteiger partial charge in [0.2, 0.25) is 17.5 Å². The van der Waals surface area contributed by atoms with E-state index in [2.05, 4.69) is 31.8 Å². The number of hydrogen-bond acceptors (Lipinski definition) is 8. The van der Waals surface area contributed by atoms with E-state index in [9.17, 15) is 0 Å². The van der Waals surface area contributed by atoms with Crippen molar-refractivity contribution in [1.82, 2.24) is 24.9 Å². The number of furan rings is 1. The maximum absolute atomic E-state index is 5.63. The summed E-state index contributed by atoms with van der Waals surface area (Å²) in [7, 11) is 0. The van der Waals surface area contributed by atoms with Crippen LogP contribution in [0.3, 0.4) is 0 Å². The van der Waals surface area contributed by atoms with E-state index < -0.39 is 0 Å². The van der Waals surface area contributed by atoms with Crippen LogP contribution in [-0.4, -0.2) is 24.9 Å². The maximum atomic E-state index is 5.63. The molecule has 1 fully saturated rings. The van der Waals surface area contributed by atoms with Crippen molar-refractivity contribution >= 4 is 23.1 Å². The molecule has 1 atom stereocenters. The first kappa shape index (κ1) is 18.6. The molecule has 1 unspecified atom stereocenters. The molecular formula is C20H21N5O2S2. The zero-order valence-corrected chi connectivity index (χ0v) is 17.7. The second-order valence-corrected chi connectivity index (χ2v) is 9.39. The lowest BCUT2D eigenvalue weighted by Crippen LogP contribution is -2.15. The third-order valence-electron chi connectivity index (χ3n) is 5.16. The molecule has 0 aliphatic heterocycles. The van der Waals surface area contributed by atoms with E-state index in [1.54, 1.807) is 29.4 Å². The predicted octanol–water partition coefficient (Wildman–Crippen LogP) is 6.01. The van der Waals surface area contributed by atoms with Gasteiger partial charge in [-0.05, 0) is 43.3 Å². The third-order valence-corrected chi connectivity index (χ3v) is 7.07. The largest absolute Gasteiger partial charge is 0.461 e. The minimum absolute atomic E-state index is 0.0350. The number of aromatic nitrogens is 5. The molecule has 1 aliphatic carbocycles. The minimum atomic E-state index is -0.0350. The standard InChI is InChI=1S/C20H21N5O2S2/c1-13(19-21-17(24-27-19)16-10-6-12-28-16)29-20-23-22-18(15-9-5-11-26-15)25(20)14-7-3-2-4-8-14/h5-6,9-14H,2-4,7-8H2,1H3. The van der Waals surface area contributed by atoms with Crippen LogP contribution in [0.15, 0.2) is 50.0 Å². The van der Waals surface area contributed by atoms with Gasteiger partial charge in [-0.3, -0.25) is 4.57 Å². The number of nitrogens with zero attached hydrogens (tertiary/aromatic N) is 5. The van der Waals surface area contributed by atoms with E-state index in [1.807, 2.05) is 29.6 Å². The summed E-state index contributed by atoms with van der Waals surface area (Å²) in [6.45, 7) is 2.06. The van der Waals surface area contributed by atoms with Crippen LogP contribution in [-0.2, 0) is 0 Å². The quantitative estimate of drug-likeness (QED) is 0.349. The number of hydrogen-bond donors (Lipinski definition) is 0. The van der Waals surface area contributed by atoms with E-state index in [-0.39, 0.29) is 5.25 Å². The van der Waals surface area contributed by atoms with Gasteiger partial charge in [-0.2, -0.15) is 4.98 Å². The molecule has 4 aromatic rings. The van der Waals surface area contributed by atoms with Crippen LogP contribution < -0.4 is 0 Å². The van der Waals surface area contributed by atoms with Crippen molar-refractivity contribution in [3.05, 3.63) is 41.8 Å². The summed E-state index contributed by atoms with van der Waals surface area (Å²) in [4.78, 5) is 5.59. The van der Waals surface area contributed by atoms with Crippen LogP contribution in [0, 0.1) is 0 Å². The first-order valence-electron chi connectivity index (χ1n) is 9.82. The fraction of sp³-hybridized carbons (Fsp3) is 0.400. The molecule has 0 bridgehead atoms. The van der Waals surface area contributed by atoms with Gasteiger partial charge in [-0.15, -0.1) is 21.5 Å². The number of thioether (sulfide) groups is 1. The summed E-state index contributed by atoms with van der Waals surface area (Å²) in [6, 6.07) is 8.18. The molecule has 5 rings (SSSR count). The second-order valence-electron chi connectivity index (χ2n) is 7.14. The average molecular weight is 428 g/mol. The molecule has 1 aliphatic rings. The van der Waals surface area contributed by atoms with Crippen LogP contribution in [0.25, 0.3) is 22.3 Å². The molecule has 29 heavy (non-hydrogen) atoms. The molecule has 7 nitrogen and oxygen atoms in total. The summed E-state index contributed by atoms with van der Waals surface area (Å²) in [5, 5.41) is 15.9. The predicted molar refractivity (Wildman–Crippen MR) is 112 cm³/mol. The van der Waals surface area contributed by atoms with Gasteiger partial charge in [0, 0.05) is 6.04 Å². The van der Waals surface area contributed by atoms with Crippen molar-refractivity contribution < 1.29 is 8.94 Å². The smallest absolute Gasteiger partial charge is 0.240 e. The Bertz CT molecular complexity index is 1050. The van der Waals surface area contributed by atoms with Gasteiger partial charge in [0.1, 0.15) is 0 Å². The lowest BCUT2D eigenvalue weighted by Gasteiger charge is -2.25. The molecule has 9 heteroatoms. The van der Waals surface area contributed by atoms with E-state index in [1.165, 1.54) is 19.3 Å². The van der Waals surface area contributed by atoms with Crippen LogP contribution in [0.4, 0.5) is 0 Å². The van der Waals surface area contributed by atoms with E-state index in [0.29, 0.717) is 17.8 Å². The minimum Gasteiger partial charge on any atom is -0.461 e. The van der Waals surface area contributed by atoms with Gasteiger partial charge in [0.05, 0.1) is 16.4 Å². The van der Waals surface area contributed by atoms with E-state index >= 15 is 0 Å². The summed E-state index contributed by atoms with van der Waals surface area (Å²) in [5.74, 6) is 2.77. The molecule has 0 N–H and O–H groups in total. The summed E-state index contributed by atoms with van der Waals surface area (Å²) < 4.78 is 13.4. The van der Waals surface area contributed by atoms with Crippen molar-refractivity contribution in [3.63, 3.8) is 0 Å². The van der Waals surface area contributed by atoms with Crippen LogP contribution >= 0.6 is 23.1 Å². The first-order chi connectivity index (χ1) is 14.3. The van der Waals surface area contributed by atoms with Gasteiger partial charge in [-0.1, -0.05) is 42.2 Å². The van der Waals surface area contributed by atoms with Gasteiger partial charge < -0.3 is 8.94 Å². The van der Waals surface area contributed by atoms with Gasteiger partial charge >= 0.3 is 0 Å². The van der Waals surface area contributed by atoms with Crippen molar-refractivity contribution in [2.45, 2.75) is 55.5 Å². The van der Waals surface area contributed by atoms with Gasteiger partial charge in [0.15, 0.2) is 10.9 Å². The van der Waals surface area contributed by atoms with Gasteiger partial charge in [-0.25, -0.2) is 0 Å². The Balaban J connectivity index is 1.43. The Morgan fingerprint density at radius 1 is 1.17 bits per heavy atom. The fourth-order valence-corrected chi connectivity index (χ4v) is 5.31. The Kier molecular flexibility index (Phi) is 5.24. The monoisotopic (exact) mass is 427 g/mol. The Hall–Kier alpha value is -2.39. The van der Waals surface area contributed by atoms with E-state index in [0.717, 1.165) is 34.5 Å². The van der Waals surface area contributed by atoms with E-state index in [4.69, 9.17) is 8.94 Å². The topological polar surface area (TPSA) is 82.8 Å². The third kappa shape index (κ3) is 3.76. The molecule has 0 spiro atoms. The van der Waals surface area contributed by atoms with Crippen LogP contribution in [0.5, 0.6) is 0 Å². The van der Waals surface area contributed by atoms with Gasteiger partial charge in [0.25, 0.3) is 0 Å². The molecule has 150 valence electrons. The van der Waals surface area contributed by atoms with Crippen molar-refractivity contribution in [1.29, 1.82) is 0 Å². The highest BCUT2D eigenvalue weighted by Crippen LogP contribution is 2.40. The average Bonchev–Trinajstić information content (AvgIpc) is 3.55. The zero-order valence-electron chi connectivity index (χ0n) is 16.0. The Morgan fingerprint density at radius 2 is 2.07 bits per heavy atom. The number of rotatable bonds is 6. The lowest BCUT2D eigenvalue weighted by molar-refractivity contribution is 0.337. The molecule has 4 aromatic heterocycles. The lowest BCUT2D eigenvalue weighted by atomic mass is 9.95. The highest BCUT2D eigenvalue weighted by molar-refractivity contribution is 7.99. The van der Waals surface area contributed by atoms with Crippen molar-refractivity contribution in [3.8, 4) is 22.3 Å². The van der Waals surface area contributed by atoms with Crippen molar-refractivity contribution in [2.75, 3.05) is 0 Å². The van der Waals surface area contributed by atoms with Crippen LogP contribution in [0.1, 0.15) is 56.2 Å². The summed E-state index contributed by atoms with van der Waals surface area (Å²) in [6.07, 6.45) is 7.70. The highest BCUT2D eigenvalue weighted by atomic mass is 32.2. The SMILES string of the molecule is CC(Sc1nnc(-c2ccco2)n1C1CCCCC1)c1nc(-c2cccs2)no1. The Morgan fingerprint density at radius 3 is 2.83 bits per heavy atom. The molecular weight excluding hydrogens is 406 g/mol. The normalized spacial score (nSPS) is 16.3. The summed E-state index contributed by atoms with van der Waals surface area (Å²) in [5.41, 5.74) is 0.